The molecule has 1 saturated carbocycles. The fraction of sp³-hybridized carbons (Fsp3) is 0.625. The van der Waals surface area contributed by atoms with Crippen molar-refractivity contribution in [2.75, 3.05) is 26.2 Å². The topological polar surface area (TPSA) is 44.7 Å². The first kappa shape index (κ1) is 19.1. The second kappa shape index (κ2) is 7.80. The van der Waals surface area contributed by atoms with Crippen molar-refractivity contribution in [1.29, 1.82) is 0 Å². The molecule has 1 heterocycles. The summed E-state index contributed by atoms with van der Waals surface area (Å²) in [6.45, 7) is 3.34. The summed E-state index contributed by atoms with van der Waals surface area (Å²) in [6.07, 6.45) is -1.55. The Morgan fingerprint density at radius 1 is 1.25 bits per heavy atom. The van der Waals surface area contributed by atoms with Gasteiger partial charge in [0.05, 0.1) is 0 Å². The highest BCUT2D eigenvalue weighted by Crippen LogP contribution is 2.43. The lowest BCUT2D eigenvalue weighted by Gasteiger charge is -2.35. The number of hydrogen-bond donors (Lipinski definition) is 2. The number of piperazine rings is 1. The second-order valence-corrected chi connectivity index (χ2v) is 6.25. The normalized spacial score (nSPS) is 20.3. The summed E-state index contributed by atoms with van der Waals surface area (Å²) in [4.78, 5) is 2.24. The van der Waals surface area contributed by atoms with E-state index in [0.717, 1.165) is 51.5 Å². The maximum absolute atomic E-state index is 12.4. The van der Waals surface area contributed by atoms with Gasteiger partial charge in [-0.3, -0.25) is 4.90 Å². The van der Waals surface area contributed by atoms with Crippen molar-refractivity contribution < 1.29 is 23.0 Å². The minimum Gasteiger partial charge on any atom is -0.508 e. The minimum absolute atomic E-state index is 0. The molecule has 24 heavy (non-hydrogen) atoms. The molecule has 4 nitrogen and oxygen atoms in total. The van der Waals surface area contributed by atoms with Crippen molar-refractivity contribution >= 4 is 12.4 Å². The van der Waals surface area contributed by atoms with E-state index in [1.54, 1.807) is 0 Å². The molecule has 1 atom stereocenters. The average molecular weight is 367 g/mol. The molecule has 1 aromatic rings. The van der Waals surface area contributed by atoms with Crippen LogP contribution in [-0.4, -0.2) is 42.5 Å². The highest BCUT2D eigenvalue weighted by Gasteiger charge is 2.34. The summed E-state index contributed by atoms with van der Waals surface area (Å²) in [5.74, 6) is 0.353. The van der Waals surface area contributed by atoms with E-state index in [0.29, 0.717) is 11.5 Å². The molecular formula is C16H22ClF3N2O2. The Hall–Kier alpha value is -1.18. The number of benzene rings is 1. The molecular weight excluding hydrogens is 345 g/mol. The quantitative estimate of drug-likeness (QED) is 0.837. The van der Waals surface area contributed by atoms with Crippen LogP contribution in [0.15, 0.2) is 18.2 Å². The van der Waals surface area contributed by atoms with Gasteiger partial charge in [0.1, 0.15) is 11.5 Å². The molecule has 2 N–H and O–H groups in total. The van der Waals surface area contributed by atoms with Gasteiger partial charge in [-0.2, -0.15) is 0 Å². The first-order chi connectivity index (χ1) is 10.9. The van der Waals surface area contributed by atoms with Crippen molar-refractivity contribution in [3.8, 4) is 11.5 Å². The van der Waals surface area contributed by atoms with Crippen molar-refractivity contribution in [2.24, 2.45) is 5.92 Å². The Kier molecular flexibility index (Phi) is 6.22. The van der Waals surface area contributed by atoms with Crippen LogP contribution in [0.4, 0.5) is 13.2 Å². The minimum atomic E-state index is -4.73. The van der Waals surface area contributed by atoms with Crippen LogP contribution in [0.5, 0.6) is 11.5 Å². The third-order valence-corrected chi connectivity index (χ3v) is 4.44. The molecule has 8 heteroatoms. The second-order valence-electron chi connectivity index (χ2n) is 6.25. The van der Waals surface area contributed by atoms with Crippen molar-refractivity contribution in [3.63, 3.8) is 0 Å². The van der Waals surface area contributed by atoms with Crippen LogP contribution in [0, 0.1) is 5.92 Å². The number of hydrogen-bond acceptors (Lipinski definition) is 4. The number of phenolic OH excluding ortho intramolecular Hbond substituents is 1. The fourth-order valence-electron chi connectivity index (χ4n) is 3.13. The van der Waals surface area contributed by atoms with Crippen molar-refractivity contribution in [3.05, 3.63) is 23.8 Å². The third kappa shape index (κ3) is 5.16. The summed E-state index contributed by atoms with van der Waals surface area (Å²) < 4.78 is 41.4. The zero-order valence-electron chi connectivity index (χ0n) is 13.2. The summed E-state index contributed by atoms with van der Waals surface area (Å²) in [5, 5.41) is 13.5. The Labute approximate surface area is 145 Å². The largest absolute Gasteiger partial charge is 0.573 e. The summed E-state index contributed by atoms with van der Waals surface area (Å²) in [7, 11) is 0. The molecule has 1 aliphatic heterocycles. The highest BCUT2D eigenvalue weighted by molar-refractivity contribution is 5.85. The Morgan fingerprint density at radius 2 is 1.92 bits per heavy atom. The Bertz CT molecular complexity index is 547. The average Bonchev–Trinajstić information content (AvgIpc) is 3.31. The Morgan fingerprint density at radius 3 is 2.50 bits per heavy atom. The van der Waals surface area contributed by atoms with Gasteiger partial charge in [-0.05, 0) is 30.5 Å². The standard InChI is InChI=1S/C16H21F3N2O2.ClH/c17-16(18,19)23-12-3-4-15(22)13(10-12)14(9-11-1-2-11)21-7-5-20-6-8-21;/h3-4,10-11,14,20,22H,1-2,5-9H2;1H/t14-;/m1./s1. The smallest absolute Gasteiger partial charge is 0.508 e. The molecule has 2 aliphatic rings. The van der Waals surface area contributed by atoms with Gasteiger partial charge in [-0.25, -0.2) is 0 Å². The van der Waals surface area contributed by atoms with Crippen molar-refractivity contribution in [1.82, 2.24) is 10.2 Å². The maximum Gasteiger partial charge on any atom is 0.573 e. The van der Waals surface area contributed by atoms with Gasteiger partial charge >= 0.3 is 6.36 Å². The van der Waals surface area contributed by atoms with E-state index in [1.165, 1.54) is 12.1 Å². The zero-order valence-corrected chi connectivity index (χ0v) is 14.0. The van der Waals surface area contributed by atoms with Gasteiger partial charge in [0, 0.05) is 37.8 Å². The molecule has 0 bridgehead atoms. The molecule has 1 aliphatic carbocycles. The lowest BCUT2D eigenvalue weighted by molar-refractivity contribution is -0.274. The van der Waals surface area contributed by atoms with Crippen LogP contribution in [0.3, 0.4) is 0 Å². The molecule has 136 valence electrons. The molecule has 2 fully saturated rings. The number of rotatable bonds is 5. The lowest BCUT2D eigenvalue weighted by Crippen LogP contribution is -2.45. The number of phenols is 1. The zero-order chi connectivity index (χ0) is 16.4. The summed E-state index contributed by atoms with van der Waals surface area (Å²) in [6, 6.07) is 3.70. The lowest BCUT2D eigenvalue weighted by atomic mass is 9.97. The van der Waals surface area contributed by atoms with Gasteiger partial charge in [0.15, 0.2) is 0 Å². The third-order valence-electron chi connectivity index (χ3n) is 4.44. The van der Waals surface area contributed by atoms with Gasteiger partial charge in [0.25, 0.3) is 0 Å². The number of aromatic hydroxyl groups is 1. The predicted octanol–water partition coefficient (Wildman–Crippen LogP) is 3.46. The predicted molar refractivity (Wildman–Crippen MR) is 86.6 cm³/mol. The monoisotopic (exact) mass is 366 g/mol. The van der Waals surface area contributed by atoms with Gasteiger partial charge < -0.3 is 15.2 Å². The molecule has 3 rings (SSSR count). The number of nitrogens with zero attached hydrogens (tertiary/aromatic N) is 1. The Balaban J connectivity index is 0.00000208. The molecule has 0 amide bonds. The van der Waals surface area contributed by atoms with E-state index >= 15 is 0 Å². The molecule has 0 aromatic heterocycles. The van der Waals surface area contributed by atoms with E-state index in [4.69, 9.17) is 0 Å². The SMILES string of the molecule is Cl.Oc1ccc(OC(F)(F)F)cc1[C@@H](CC1CC1)N1CCNCC1. The molecule has 1 aromatic carbocycles. The number of halogens is 4. The van der Waals surface area contributed by atoms with Crippen LogP contribution in [0.2, 0.25) is 0 Å². The highest BCUT2D eigenvalue weighted by atomic mass is 35.5. The van der Waals surface area contributed by atoms with Gasteiger partial charge in [-0.1, -0.05) is 12.8 Å². The summed E-state index contributed by atoms with van der Waals surface area (Å²) in [5.41, 5.74) is 0.528. The van der Waals surface area contributed by atoms with E-state index in [1.807, 2.05) is 0 Å². The first-order valence-electron chi connectivity index (χ1n) is 7.96. The molecule has 0 radical (unpaired) electrons. The molecule has 1 saturated heterocycles. The van der Waals surface area contributed by atoms with E-state index in [9.17, 15) is 18.3 Å². The van der Waals surface area contributed by atoms with Crippen LogP contribution in [0.25, 0.3) is 0 Å². The number of nitrogens with one attached hydrogen (secondary N) is 1. The van der Waals surface area contributed by atoms with Crippen LogP contribution in [-0.2, 0) is 0 Å². The molecule has 0 unspecified atom stereocenters. The fourth-order valence-corrected chi connectivity index (χ4v) is 3.13. The van der Waals surface area contributed by atoms with Crippen molar-refractivity contribution in [2.45, 2.75) is 31.7 Å². The van der Waals surface area contributed by atoms with Gasteiger partial charge in [-0.15, -0.1) is 25.6 Å². The van der Waals surface area contributed by atoms with E-state index in [2.05, 4.69) is 15.0 Å². The maximum atomic E-state index is 12.4. The summed E-state index contributed by atoms with van der Waals surface area (Å²) >= 11 is 0. The molecule has 0 spiro atoms. The number of alkyl halides is 3. The number of ether oxygens (including phenoxy) is 1. The van der Waals surface area contributed by atoms with Crippen LogP contribution in [0.1, 0.15) is 30.9 Å². The van der Waals surface area contributed by atoms with E-state index < -0.39 is 6.36 Å². The first-order valence-corrected chi connectivity index (χ1v) is 7.96. The van der Waals surface area contributed by atoms with Gasteiger partial charge in [0.2, 0.25) is 0 Å². The van der Waals surface area contributed by atoms with Crippen LogP contribution < -0.4 is 10.1 Å². The van der Waals surface area contributed by atoms with E-state index in [-0.39, 0.29) is 29.9 Å². The van der Waals surface area contributed by atoms with Crippen LogP contribution >= 0.6 is 12.4 Å².